The van der Waals surface area contributed by atoms with Gasteiger partial charge in [0, 0.05) is 41.7 Å². The molecule has 1 atom stereocenters. The Morgan fingerprint density at radius 3 is 2.79 bits per heavy atom. The molecule has 4 N–H and O–H groups in total. The summed E-state index contributed by atoms with van der Waals surface area (Å²) in [6.07, 6.45) is 9.84. The van der Waals surface area contributed by atoms with Crippen LogP contribution in [0.15, 0.2) is 60.8 Å². The number of aromatic hydroxyl groups is 1. The average Bonchev–Trinajstić information content (AvgIpc) is 3.14. The van der Waals surface area contributed by atoms with Gasteiger partial charge < -0.3 is 15.8 Å². The van der Waals surface area contributed by atoms with Crippen molar-refractivity contribution in [3.8, 4) is 5.75 Å². The van der Waals surface area contributed by atoms with Gasteiger partial charge in [0.05, 0.1) is 0 Å². The number of unbranched alkanes of at least 4 members (excludes halogenated alkanes) is 1. The summed E-state index contributed by atoms with van der Waals surface area (Å²) < 4.78 is 0. The zero-order valence-corrected chi connectivity index (χ0v) is 16.5. The van der Waals surface area contributed by atoms with Crippen molar-refractivity contribution < 1.29 is 9.90 Å². The van der Waals surface area contributed by atoms with Gasteiger partial charge in [-0.15, -0.1) is 0 Å². The summed E-state index contributed by atoms with van der Waals surface area (Å²) in [6, 6.07) is 13.1. The number of aromatic amines is 1. The van der Waals surface area contributed by atoms with Crippen molar-refractivity contribution >= 4 is 16.8 Å². The third-order valence-electron chi connectivity index (χ3n) is 5.73. The normalized spacial score (nSPS) is 17.0. The molecule has 3 aromatic rings. The zero-order chi connectivity index (χ0) is 20.2. The first-order valence-electron chi connectivity index (χ1n) is 10.2. The van der Waals surface area contributed by atoms with Crippen LogP contribution in [0.25, 0.3) is 10.9 Å². The van der Waals surface area contributed by atoms with Crippen molar-refractivity contribution in [1.82, 2.24) is 9.88 Å². The van der Waals surface area contributed by atoms with Gasteiger partial charge in [-0.05, 0) is 61.2 Å². The molecule has 0 fully saturated rings. The number of aromatic nitrogens is 1. The third-order valence-corrected chi connectivity index (χ3v) is 5.73. The number of nitrogens with one attached hydrogen (secondary N) is 1. The standard InChI is InChI=1S/C24H27N3O2/c25-24(29)18-8-11-22-19(15-26-23(22)14-18)4-1-2-12-27-13-3-5-20(16-27)17-6-9-21(28)10-7-17/h3,5-11,14-15,20,26,28H,1-2,4,12-13,16H2,(H2,25,29). The number of amides is 1. The second-order valence-corrected chi connectivity index (χ2v) is 7.78. The highest BCUT2D eigenvalue weighted by Crippen LogP contribution is 2.25. The molecule has 2 heterocycles. The number of H-pyrrole nitrogens is 1. The Kier molecular flexibility index (Phi) is 5.67. The topological polar surface area (TPSA) is 82.3 Å². The van der Waals surface area contributed by atoms with E-state index in [0.29, 0.717) is 17.2 Å². The van der Waals surface area contributed by atoms with E-state index in [1.54, 1.807) is 18.2 Å². The molecule has 0 saturated carbocycles. The maximum atomic E-state index is 11.3. The molecule has 0 radical (unpaired) electrons. The van der Waals surface area contributed by atoms with E-state index in [4.69, 9.17) is 5.73 Å². The summed E-state index contributed by atoms with van der Waals surface area (Å²) in [5.74, 6) is 0.301. The Labute approximate surface area is 170 Å². The second-order valence-electron chi connectivity index (χ2n) is 7.78. The smallest absolute Gasteiger partial charge is 0.248 e. The number of fused-ring (bicyclic) bond motifs is 1. The summed E-state index contributed by atoms with van der Waals surface area (Å²) in [4.78, 5) is 17.1. The van der Waals surface area contributed by atoms with E-state index in [9.17, 15) is 9.90 Å². The first-order valence-corrected chi connectivity index (χ1v) is 10.2. The quantitative estimate of drug-likeness (QED) is 0.423. The van der Waals surface area contributed by atoms with Gasteiger partial charge in [-0.25, -0.2) is 0 Å². The minimum Gasteiger partial charge on any atom is -0.508 e. The lowest BCUT2D eigenvalue weighted by molar-refractivity contribution is 0.100. The molecule has 4 rings (SSSR count). The van der Waals surface area contributed by atoms with Gasteiger partial charge in [0.25, 0.3) is 0 Å². The van der Waals surface area contributed by atoms with E-state index >= 15 is 0 Å². The Morgan fingerprint density at radius 1 is 1.17 bits per heavy atom. The lowest BCUT2D eigenvalue weighted by Gasteiger charge is -2.29. The Hall–Kier alpha value is -3.05. The number of primary amides is 1. The van der Waals surface area contributed by atoms with Crippen molar-refractivity contribution in [2.24, 2.45) is 5.73 Å². The van der Waals surface area contributed by atoms with E-state index in [-0.39, 0.29) is 0 Å². The molecule has 0 saturated heterocycles. The van der Waals surface area contributed by atoms with Gasteiger partial charge >= 0.3 is 0 Å². The van der Waals surface area contributed by atoms with Crippen LogP contribution in [0.5, 0.6) is 5.75 Å². The molecule has 1 aromatic heterocycles. The maximum absolute atomic E-state index is 11.3. The molecule has 5 heteroatoms. The first-order chi connectivity index (χ1) is 14.1. The number of rotatable bonds is 7. The average molecular weight is 389 g/mol. The first kappa shape index (κ1) is 19.3. The van der Waals surface area contributed by atoms with Crippen molar-refractivity contribution in [2.45, 2.75) is 25.2 Å². The Morgan fingerprint density at radius 2 is 2.00 bits per heavy atom. The predicted molar refractivity (Wildman–Crippen MR) is 116 cm³/mol. The van der Waals surface area contributed by atoms with Gasteiger partial charge in [0.2, 0.25) is 5.91 Å². The fraction of sp³-hybridized carbons (Fsp3) is 0.292. The zero-order valence-electron chi connectivity index (χ0n) is 16.5. The van der Waals surface area contributed by atoms with E-state index in [2.05, 4.69) is 22.0 Å². The number of phenols is 1. The molecule has 0 spiro atoms. The summed E-state index contributed by atoms with van der Waals surface area (Å²) in [5, 5.41) is 10.7. The molecule has 0 bridgehead atoms. The lowest BCUT2D eigenvalue weighted by atomic mass is 9.95. The number of benzene rings is 2. The van der Waals surface area contributed by atoms with E-state index in [1.165, 1.54) is 16.5 Å². The highest BCUT2D eigenvalue weighted by Gasteiger charge is 2.17. The number of aryl methyl sites for hydroxylation is 1. The number of carbonyl (C=O) groups is 1. The number of nitrogens with zero attached hydrogens (tertiary/aromatic N) is 1. The van der Waals surface area contributed by atoms with Gasteiger partial charge in [-0.2, -0.15) is 0 Å². The fourth-order valence-corrected chi connectivity index (χ4v) is 4.11. The maximum Gasteiger partial charge on any atom is 0.248 e. The van der Waals surface area contributed by atoms with Crippen LogP contribution in [0.2, 0.25) is 0 Å². The molecule has 0 aliphatic carbocycles. The van der Waals surface area contributed by atoms with Crippen LogP contribution in [-0.4, -0.2) is 40.5 Å². The molecule has 5 nitrogen and oxygen atoms in total. The molecular formula is C24H27N3O2. The van der Waals surface area contributed by atoms with E-state index in [1.807, 2.05) is 30.5 Å². The number of phenolic OH excluding ortho intramolecular Hbond substituents is 1. The van der Waals surface area contributed by atoms with Crippen LogP contribution in [-0.2, 0) is 6.42 Å². The third kappa shape index (κ3) is 4.51. The molecule has 2 aromatic carbocycles. The Balaban J connectivity index is 1.28. The van der Waals surface area contributed by atoms with Crippen molar-refractivity contribution in [2.75, 3.05) is 19.6 Å². The van der Waals surface area contributed by atoms with Gasteiger partial charge in [-0.1, -0.05) is 30.4 Å². The largest absolute Gasteiger partial charge is 0.508 e. The van der Waals surface area contributed by atoms with Crippen LogP contribution < -0.4 is 5.73 Å². The highest BCUT2D eigenvalue weighted by atomic mass is 16.3. The summed E-state index contributed by atoms with van der Waals surface area (Å²) in [6.45, 7) is 3.09. The summed E-state index contributed by atoms with van der Waals surface area (Å²) in [5.41, 5.74) is 9.40. The molecule has 150 valence electrons. The van der Waals surface area contributed by atoms with Crippen molar-refractivity contribution in [1.29, 1.82) is 0 Å². The Bertz CT molecular complexity index is 1020. The van der Waals surface area contributed by atoms with Crippen LogP contribution in [0.1, 0.15) is 40.2 Å². The minimum absolute atomic E-state index is 0.313. The molecular weight excluding hydrogens is 362 g/mol. The number of hydrogen-bond donors (Lipinski definition) is 3. The van der Waals surface area contributed by atoms with Gasteiger partial charge in [-0.3, -0.25) is 9.69 Å². The minimum atomic E-state index is -0.399. The number of hydrogen-bond acceptors (Lipinski definition) is 3. The van der Waals surface area contributed by atoms with E-state index < -0.39 is 5.91 Å². The lowest BCUT2D eigenvalue weighted by Crippen LogP contribution is -2.32. The van der Waals surface area contributed by atoms with Crippen LogP contribution in [0.3, 0.4) is 0 Å². The van der Waals surface area contributed by atoms with Crippen LogP contribution >= 0.6 is 0 Å². The summed E-state index contributed by atoms with van der Waals surface area (Å²) >= 11 is 0. The van der Waals surface area contributed by atoms with Crippen molar-refractivity contribution in [3.05, 3.63) is 77.5 Å². The highest BCUT2D eigenvalue weighted by molar-refractivity contribution is 5.97. The summed E-state index contributed by atoms with van der Waals surface area (Å²) in [7, 11) is 0. The van der Waals surface area contributed by atoms with Crippen LogP contribution in [0.4, 0.5) is 0 Å². The fourth-order valence-electron chi connectivity index (χ4n) is 4.11. The molecule has 1 amide bonds. The number of carbonyl (C=O) groups excluding carboxylic acids is 1. The number of nitrogens with two attached hydrogens (primary N) is 1. The van der Waals surface area contributed by atoms with Gasteiger partial charge in [0.1, 0.15) is 5.75 Å². The van der Waals surface area contributed by atoms with Crippen molar-refractivity contribution in [3.63, 3.8) is 0 Å². The molecule has 1 aliphatic rings. The second kappa shape index (κ2) is 8.53. The van der Waals surface area contributed by atoms with E-state index in [0.717, 1.165) is 44.4 Å². The van der Waals surface area contributed by atoms with Crippen LogP contribution in [0, 0.1) is 0 Å². The SMILES string of the molecule is NC(=O)c1ccc2c(CCCCN3CC=CC(c4ccc(O)cc4)C3)c[nH]c2c1. The molecule has 1 aliphatic heterocycles. The monoisotopic (exact) mass is 389 g/mol. The molecule has 29 heavy (non-hydrogen) atoms. The van der Waals surface area contributed by atoms with Gasteiger partial charge in [0.15, 0.2) is 0 Å². The predicted octanol–water partition coefficient (Wildman–Crippen LogP) is 3.95. The molecule has 1 unspecified atom stereocenters.